The van der Waals surface area contributed by atoms with Gasteiger partial charge >= 0.3 is 0 Å². The summed E-state index contributed by atoms with van der Waals surface area (Å²) in [6, 6.07) is 5.95. The fraction of sp³-hybridized carbons (Fsp3) is 0.500. The standard InChI is InChI=1S/C14H19ClN2/c1-3-5-6-11-7-8-12(10-16)13(15)14(11)17-9-4-2/h7-8,17H,3-6,9H2,1-2H3. The van der Waals surface area contributed by atoms with Crippen LogP contribution < -0.4 is 5.32 Å². The summed E-state index contributed by atoms with van der Waals surface area (Å²) in [5.41, 5.74) is 2.70. The van der Waals surface area contributed by atoms with Gasteiger partial charge in [-0.3, -0.25) is 0 Å². The molecule has 0 atom stereocenters. The molecule has 0 heterocycles. The molecule has 1 rings (SSSR count). The summed E-state index contributed by atoms with van der Waals surface area (Å²) in [5, 5.41) is 12.9. The fourth-order valence-corrected chi connectivity index (χ4v) is 2.01. The number of halogens is 1. The molecule has 2 nitrogen and oxygen atoms in total. The molecule has 0 saturated carbocycles. The summed E-state index contributed by atoms with van der Waals surface area (Å²) >= 11 is 6.24. The van der Waals surface area contributed by atoms with Crippen LogP contribution in [0.4, 0.5) is 5.69 Å². The van der Waals surface area contributed by atoms with Gasteiger partial charge in [-0.25, -0.2) is 0 Å². The number of benzene rings is 1. The van der Waals surface area contributed by atoms with Crippen LogP contribution in [0.3, 0.4) is 0 Å². The van der Waals surface area contributed by atoms with E-state index in [0.29, 0.717) is 10.6 Å². The Balaban J connectivity index is 3.03. The van der Waals surface area contributed by atoms with Gasteiger partial charge < -0.3 is 5.32 Å². The predicted molar refractivity (Wildman–Crippen MR) is 73.6 cm³/mol. The van der Waals surface area contributed by atoms with Crippen LogP contribution in [0.1, 0.15) is 44.2 Å². The Morgan fingerprint density at radius 2 is 2.06 bits per heavy atom. The van der Waals surface area contributed by atoms with E-state index in [1.807, 2.05) is 12.1 Å². The summed E-state index contributed by atoms with van der Waals surface area (Å²) < 4.78 is 0. The highest BCUT2D eigenvalue weighted by Gasteiger charge is 2.10. The minimum absolute atomic E-state index is 0.547. The monoisotopic (exact) mass is 250 g/mol. The normalized spacial score (nSPS) is 10.0. The molecule has 0 aliphatic heterocycles. The van der Waals surface area contributed by atoms with E-state index in [0.717, 1.165) is 37.9 Å². The lowest BCUT2D eigenvalue weighted by molar-refractivity contribution is 0.794. The fourth-order valence-electron chi connectivity index (χ4n) is 1.72. The molecule has 92 valence electrons. The Morgan fingerprint density at radius 1 is 1.29 bits per heavy atom. The summed E-state index contributed by atoms with van der Waals surface area (Å²) in [4.78, 5) is 0. The van der Waals surface area contributed by atoms with E-state index in [4.69, 9.17) is 16.9 Å². The molecule has 0 unspecified atom stereocenters. The summed E-state index contributed by atoms with van der Waals surface area (Å²) in [5.74, 6) is 0. The maximum Gasteiger partial charge on any atom is 0.101 e. The number of nitrogens with one attached hydrogen (secondary N) is 1. The lowest BCUT2D eigenvalue weighted by Crippen LogP contribution is -2.05. The second kappa shape index (κ2) is 7.19. The lowest BCUT2D eigenvalue weighted by Gasteiger charge is -2.14. The molecule has 0 aromatic heterocycles. The van der Waals surface area contributed by atoms with Gasteiger partial charge in [0.15, 0.2) is 0 Å². The van der Waals surface area contributed by atoms with Crippen molar-refractivity contribution in [1.29, 1.82) is 5.26 Å². The van der Waals surface area contributed by atoms with Crippen molar-refractivity contribution in [1.82, 2.24) is 0 Å². The molecule has 0 fully saturated rings. The Bertz CT molecular complexity index is 407. The van der Waals surface area contributed by atoms with Crippen molar-refractivity contribution in [2.24, 2.45) is 0 Å². The Kier molecular flexibility index (Phi) is 5.86. The van der Waals surface area contributed by atoms with Gasteiger partial charge in [-0.1, -0.05) is 37.9 Å². The predicted octanol–water partition coefficient (Wildman–Crippen LogP) is 4.38. The van der Waals surface area contributed by atoms with Crippen LogP contribution in [0.2, 0.25) is 5.02 Å². The zero-order valence-electron chi connectivity index (χ0n) is 10.5. The summed E-state index contributed by atoms with van der Waals surface area (Å²) in [6.07, 6.45) is 4.35. The van der Waals surface area contributed by atoms with Crippen molar-refractivity contribution in [3.05, 3.63) is 28.3 Å². The summed E-state index contributed by atoms with van der Waals surface area (Å²) in [6.45, 7) is 5.17. The number of anilines is 1. The second-order valence-corrected chi connectivity index (χ2v) is 4.48. The number of hydrogen-bond donors (Lipinski definition) is 1. The van der Waals surface area contributed by atoms with E-state index in [9.17, 15) is 0 Å². The molecule has 0 bridgehead atoms. The van der Waals surface area contributed by atoms with E-state index >= 15 is 0 Å². The third-order valence-electron chi connectivity index (χ3n) is 2.70. The number of nitrogens with zero attached hydrogens (tertiary/aromatic N) is 1. The van der Waals surface area contributed by atoms with E-state index in [1.54, 1.807) is 0 Å². The molecule has 1 aromatic carbocycles. The van der Waals surface area contributed by atoms with Gasteiger partial charge in [0.05, 0.1) is 16.3 Å². The molecule has 0 aliphatic carbocycles. The van der Waals surface area contributed by atoms with Gasteiger partial charge in [0.2, 0.25) is 0 Å². The van der Waals surface area contributed by atoms with E-state index < -0.39 is 0 Å². The van der Waals surface area contributed by atoms with Crippen molar-refractivity contribution in [3.63, 3.8) is 0 Å². The van der Waals surface area contributed by atoms with Crippen molar-refractivity contribution in [2.45, 2.75) is 39.5 Å². The van der Waals surface area contributed by atoms with Crippen molar-refractivity contribution >= 4 is 17.3 Å². The molecule has 0 radical (unpaired) electrons. The smallest absolute Gasteiger partial charge is 0.101 e. The highest BCUT2D eigenvalue weighted by molar-refractivity contribution is 6.34. The van der Waals surface area contributed by atoms with E-state index in [-0.39, 0.29) is 0 Å². The number of aryl methyl sites for hydroxylation is 1. The number of rotatable bonds is 6. The first-order valence-corrected chi connectivity index (χ1v) is 6.57. The molecule has 0 saturated heterocycles. The van der Waals surface area contributed by atoms with Crippen LogP contribution in [0.5, 0.6) is 0 Å². The van der Waals surface area contributed by atoms with Gasteiger partial charge in [-0.05, 0) is 30.9 Å². The van der Waals surface area contributed by atoms with Gasteiger partial charge in [0.25, 0.3) is 0 Å². The van der Waals surface area contributed by atoms with Crippen molar-refractivity contribution in [2.75, 3.05) is 11.9 Å². The van der Waals surface area contributed by atoms with Gasteiger partial charge in [-0.2, -0.15) is 5.26 Å². The van der Waals surface area contributed by atoms with Crippen molar-refractivity contribution in [3.8, 4) is 6.07 Å². The molecule has 0 spiro atoms. The van der Waals surface area contributed by atoms with Gasteiger partial charge in [-0.15, -0.1) is 0 Å². The SMILES string of the molecule is CCCCc1ccc(C#N)c(Cl)c1NCCC. The molecular formula is C14H19ClN2. The molecule has 3 heteroatoms. The highest BCUT2D eigenvalue weighted by atomic mass is 35.5. The zero-order chi connectivity index (χ0) is 12.7. The minimum atomic E-state index is 0.547. The molecular weight excluding hydrogens is 232 g/mol. The first-order chi connectivity index (χ1) is 8.24. The number of hydrogen-bond acceptors (Lipinski definition) is 2. The van der Waals surface area contributed by atoms with E-state index in [1.165, 1.54) is 5.56 Å². The third kappa shape index (κ3) is 3.64. The Hall–Kier alpha value is -1.20. The first kappa shape index (κ1) is 13.9. The van der Waals surface area contributed by atoms with Gasteiger partial charge in [0, 0.05) is 6.54 Å². The highest BCUT2D eigenvalue weighted by Crippen LogP contribution is 2.30. The van der Waals surface area contributed by atoms with Crippen molar-refractivity contribution < 1.29 is 0 Å². The largest absolute Gasteiger partial charge is 0.384 e. The topological polar surface area (TPSA) is 35.8 Å². The average Bonchev–Trinajstić information content (AvgIpc) is 2.35. The Morgan fingerprint density at radius 3 is 2.65 bits per heavy atom. The molecule has 17 heavy (non-hydrogen) atoms. The van der Waals surface area contributed by atoms with Crippen LogP contribution in [0.15, 0.2) is 12.1 Å². The number of unbranched alkanes of at least 4 members (excludes halogenated alkanes) is 1. The van der Waals surface area contributed by atoms with Crippen LogP contribution in [-0.4, -0.2) is 6.54 Å². The lowest BCUT2D eigenvalue weighted by atomic mass is 10.0. The molecule has 1 aromatic rings. The molecule has 1 N–H and O–H groups in total. The average molecular weight is 251 g/mol. The van der Waals surface area contributed by atoms with Crippen LogP contribution >= 0.6 is 11.6 Å². The quantitative estimate of drug-likeness (QED) is 0.814. The Labute approximate surface area is 109 Å². The zero-order valence-corrected chi connectivity index (χ0v) is 11.3. The van der Waals surface area contributed by atoms with Crippen LogP contribution in [-0.2, 0) is 6.42 Å². The minimum Gasteiger partial charge on any atom is -0.384 e. The molecule has 0 amide bonds. The van der Waals surface area contributed by atoms with E-state index in [2.05, 4.69) is 25.2 Å². The molecule has 0 aliphatic rings. The van der Waals surface area contributed by atoms with Crippen LogP contribution in [0.25, 0.3) is 0 Å². The first-order valence-electron chi connectivity index (χ1n) is 6.19. The van der Waals surface area contributed by atoms with Crippen LogP contribution in [0, 0.1) is 11.3 Å². The third-order valence-corrected chi connectivity index (χ3v) is 3.09. The maximum atomic E-state index is 8.97. The second-order valence-electron chi connectivity index (χ2n) is 4.10. The van der Waals surface area contributed by atoms with Gasteiger partial charge in [0.1, 0.15) is 6.07 Å². The number of nitriles is 1. The summed E-state index contributed by atoms with van der Waals surface area (Å²) in [7, 11) is 0. The maximum absolute atomic E-state index is 8.97.